The van der Waals surface area contributed by atoms with Crippen molar-refractivity contribution in [3.8, 4) is 5.75 Å². The molecule has 3 unspecified atom stereocenters. The summed E-state index contributed by atoms with van der Waals surface area (Å²) in [4.78, 5) is 24.2. The average Bonchev–Trinajstić information content (AvgIpc) is 3.40. The van der Waals surface area contributed by atoms with Gasteiger partial charge in [0.25, 0.3) is 0 Å². The molecule has 4 rings (SSSR count). The summed E-state index contributed by atoms with van der Waals surface area (Å²) in [6, 6.07) is 7.73. The number of carbonyl (C=O) groups excluding carboxylic acids is 1. The van der Waals surface area contributed by atoms with Crippen molar-refractivity contribution in [2.75, 3.05) is 19.5 Å². The van der Waals surface area contributed by atoms with Gasteiger partial charge in [-0.05, 0) is 31.1 Å². The van der Waals surface area contributed by atoms with Gasteiger partial charge in [0.2, 0.25) is 0 Å². The Bertz CT molecular complexity index is 1200. The van der Waals surface area contributed by atoms with E-state index in [0.717, 1.165) is 12.0 Å². The Kier molecular flexibility index (Phi) is 6.22. The molecule has 3 aromatic rings. The Morgan fingerprint density at radius 2 is 2.12 bits per heavy atom. The highest BCUT2D eigenvalue weighted by atomic mass is 31.2. The second-order valence-corrected chi connectivity index (χ2v) is 8.95. The van der Waals surface area contributed by atoms with Gasteiger partial charge in [0.15, 0.2) is 17.0 Å². The second-order valence-electron chi connectivity index (χ2n) is 7.26. The van der Waals surface area contributed by atoms with E-state index in [-0.39, 0.29) is 12.5 Å². The average molecular weight is 458 g/mol. The largest absolute Gasteiger partial charge is 0.468 e. The lowest BCUT2D eigenvalue weighted by Crippen LogP contribution is -2.34. The topological polar surface area (TPSA) is 143 Å². The van der Waals surface area contributed by atoms with Gasteiger partial charge in [0.1, 0.15) is 24.4 Å². The molecule has 1 saturated carbocycles. The minimum Gasteiger partial charge on any atom is -0.468 e. The summed E-state index contributed by atoms with van der Waals surface area (Å²) in [6.07, 6.45) is 5.64. The van der Waals surface area contributed by atoms with Gasteiger partial charge in [-0.2, -0.15) is 5.09 Å². The minimum absolute atomic E-state index is 0.0366. The molecule has 11 nitrogen and oxygen atoms in total. The molecule has 0 amide bonds. The lowest BCUT2D eigenvalue weighted by atomic mass is 10.3. The predicted molar refractivity (Wildman–Crippen MR) is 117 cm³/mol. The predicted octanol–water partition coefficient (Wildman–Crippen LogP) is 2.62. The van der Waals surface area contributed by atoms with Gasteiger partial charge in [-0.15, -0.1) is 0 Å². The zero-order chi connectivity index (χ0) is 22.7. The standard InChI is InChI=1S/C20H23N6O5P/c1-13(20(27)29-2)25-32(28,31-16-6-4-3-5-7-16)30-10-15-8-14(15)9-26-12-24-17-18(21)22-11-23-19(17)26/h3-7,9,11-13,15H,8,10H2,1-2H3,(H,25,28)(H2,21,22,23)/b14-9-. The Balaban J connectivity index is 1.45. The van der Waals surface area contributed by atoms with Crippen LogP contribution in [0.15, 0.2) is 48.6 Å². The fraction of sp³-hybridized carbons (Fsp3) is 0.300. The van der Waals surface area contributed by atoms with E-state index in [4.69, 9.17) is 19.5 Å². The summed E-state index contributed by atoms with van der Waals surface area (Å²) in [6.45, 7) is 1.66. The number of carbonyl (C=O) groups is 1. The maximum absolute atomic E-state index is 13.4. The molecule has 0 bridgehead atoms. The van der Waals surface area contributed by atoms with E-state index in [0.29, 0.717) is 22.7 Å². The van der Waals surface area contributed by atoms with Crippen LogP contribution in [0.3, 0.4) is 0 Å². The number of nitrogens with one attached hydrogen (secondary N) is 1. The first-order valence-electron chi connectivity index (χ1n) is 9.87. The van der Waals surface area contributed by atoms with Crippen LogP contribution >= 0.6 is 7.75 Å². The Morgan fingerprint density at radius 3 is 2.88 bits per heavy atom. The summed E-state index contributed by atoms with van der Waals surface area (Å²) in [5.74, 6) is 0.127. The highest BCUT2D eigenvalue weighted by Crippen LogP contribution is 2.48. The van der Waals surface area contributed by atoms with E-state index in [1.54, 1.807) is 35.2 Å². The highest BCUT2D eigenvalue weighted by molar-refractivity contribution is 7.52. The molecular formula is C20H23N6O5P. The van der Waals surface area contributed by atoms with Crippen LogP contribution in [0.2, 0.25) is 0 Å². The van der Waals surface area contributed by atoms with Crippen LogP contribution in [0, 0.1) is 5.92 Å². The third-order valence-electron chi connectivity index (χ3n) is 4.86. The number of para-hydroxylation sites is 1. The smallest absolute Gasteiger partial charge is 0.459 e. The summed E-state index contributed by atoms with van der Waals surface area (Å²) >= 11 is 0. The maximum atomic E-state index is 13.4. The minimum atomic E-state index is -3.86. The molecule has 0 spiro atoms. The number of hydrogen-bond acceptors (Lipinski definition) is 9. The van der Waals surface area contributed by atoms with Gasteiger partial charge in [0.05, 0.1) is 13.7 Å². The van der Waals surface area contributed by atoms with Crippen LogP contribution in [-0.2, 0) is 18.6 Å². The van der Waals surface area contributed by atoms with Crippen LogP contribution in [-0.4, -0.2) is 45.2 Å². The van der Waals surface area contributed by atoms with Crippen molar-refractivity contribution in [2.24, 2.45) is 5.92 Å². The molecule has 0 radical (unpaired) electrons. The normalized spacial score (nSPS) is 19.4. The first-order chi connectivity index (χ1) is 15.4. The number of nitrogens with zero attached hydrogens (tertiary/aromatic N) is 4. The zero-order valence-electron chi connectivity index (χ0n) is 17.5. The van der Waals surface area contributed by atoms with Gasteiger partial charge < -0.3 is 15.0 Å². The molecule has 0 saturated heterocycles. The van der Waals surface area contributed by atoms with Gasteiger partial charge in [-0.25, -0.2) is 19.5 Å². The lowest BCUT2D eigenvalue weighted by molar-refractivity contribution is -0.142. The van der Waals surface area contributed by atoms with Crippen LogP contribution in [0.5, 0.6) is 5.75 Å². The monoisotopic (exact) mass is 458 g/mol. The number of anilines is 1. The van der Waals surface area contributed by atoms with E-state index in [1.165, 1.54) is 20.4 Å². The van der Waals surface area contributed by atoms with Gasteiger partial charge in [-0.1, -0.05) is 18.2 Å². The number of ether oxygens (including phenoxy) is 1. The van der Waals surface area contributed by atoms with E-state index >= 15 is 0 Å². The Labute approximate surface area is 184 Å². The number of hydrogen-bond donors (Lipinski definition) is 2. The molecule has 3 atom stereocenters. The third-order valence-corrected chi connectivity index (χ3v) is 6.50. The molecule has 1 fully saturated rings. The van der Waals surface area contributed by atoms with Crippen molar-refractivity contribution >= 4 is 36.9 Å². The summed E-state index contributed by atoms with van der Waals surface area (Å²) in [7, 11) is -2.60. The number of methoxy groups -OCH3 is 1. The number of imidazole rings is 1. The number of rotatable bonds is 9. The molecular weight excluding hydrogens is 435 g/mol. The molecule has 1 aliphatic carbocycles. The highest BCUT2D eigenvalue weighted by Gasteiger charge is 2.37. The molecule has 32 heavy (non-hydrogen) atoms. The first kappa shape index (κ1) is 21.9. The van der Waals surface area contributed by atoms with Crippen molar-refractivity contribution in [3.63, 3.8) is 0 Å². The maximum Gasteiger partial charge on any atom is 0.459 e. The quantitative estimate of drug-likeness (QED) is 0.363. The fourth-order valence-electron chi connectivity index (χ4n) is 3.06. The van der Waals surface area contributed by atoms with Crippen molar-refractivity contribution in [1.29, 1.82) is 0 Å². The molecule has 3 N–H and O–H groups in total. The molecule has 12 heteroatoms. The van der Waals surface area contributed by atoms with E-state index in [1.807, 2.05) is 12.3 Å². The van der Waals surface area contributed by atoms with Gasteiger partial charge in [0, 0.05) is 12.1 Å². The molecule has 2 heterocycles. The third kappa shape index (κ3) is 4.96. The van der Waals surface area contributed by atoms with Gasteiger partial charge in [-0.3, -0.25) is 13.9 Å². The van der Waals surface area contributed by atoms with Gasteiger partial charge >= 0.3 is 13.7 Å². The molecule has 168 valence electrons. The second kappa shape index (κ2) is 9.07. The molecule has 1 aliphatic rings. The Morgan fingerprint density at radius 1 is 1.34 bits per heavy atom. The first-order valence-corrected chi connectivity index (χ1v) is 11.4. The zero-order valence-corrected chi connectivity index (χ0v) is 18.4. The number of fused-ring (bicyclic) bond motifs is 1. The van der Waals surface area contributed by atoms with E-state index in [9.17, 15) is 9.36 Å². The van der Waals surface area contributed by atoms with Crippen LogP contribution < -0.4 is 15.3 Å². The SMILES string of the molecule is COC(=O)C(C)NP(=O)(OCC1C/C1=C/n1cnc2c(N)ncnc21)Oc1ccccc1. The Hall–Kier alpha value is -3.27. The van der Waals surface area contributed by atoms with Crippen molar-refractivity contribution in [3.05, 3.63) is 48.6 Å². The summed E-state index contributed by atoms with van der Waals surface area (Å²) in [5, 5.41) is 2.64. The number of esters is 1. The summed E-state index contributed by atoms with van der Waals surface area (Å²) in [5.41, 5.74) is 8.01. The number of aromatic nitrogens is 4. The lowest BCUT2D eigenvalue weighted by Gasteiger charge is -2.22. The van der Waals surface area contributed by atoms with Crippen molar-refractivity contribution in [2.45, 2.75) is 19.4 Å². The number of nitrogen functional groups attached to an aromatic ring is 1. The van der Waals surface area contributed by atoms with Crippen LogP contribution in [0.4, 0.5) is 5.82 Å². The fourth-order valence-corrected chi connectivity index (χ4v) is 4.59. The van der Waals surface area contributed by atoms with Crippen LogP contribution in [0.1, 0.15) is 13.3 Å². The van der Waals surface area contributed by atoms with Crippen LogP contribution in [0.25, 0.3) is 17.4 Å². The molecule has 2 aromatic heterocycles. The molecule has 0 aliphatic heterocycles. The molecule has 1 aromatic carbocycles. The van der Waals surface area contributed by atoms with E-state index < -0.39 is 19.8 Å². The van der Waals surface area contributed by atoms with E-state index in [2.05, 4.69) is 20.0 Å². The van der Waals surface area contributed by atoms with Crippen molar-refractivity contribution in [1.82, 2.24) is 24.6 Å². The number of nitrogens with two attached hydrogens (primary N) is 1. The number of benzene rings is 1. The summed E-state index contributed by atoms with van der Waals surface area (Å²) < 4.78 is 31.1. The van der Waals surface area contributed by atoms with Crippen molar-refractivity contribution < 1.29 is 23.1 Å².